The molecule has 0 bridgehead atoms. The predicted molar refractivity (Wildman–Crippen MR) is 50.8 cm³/mol. The lowest BCUT2D eigenvalue weighted by atomic mass is 9.94. The average molecular weight is 193 g/mol. The van der Waals surface area contributed by atoms with E-state index in [1.807, 2.05) is 6.07 Å². The molecule has 0 fully saturated rings. The van der Waals surface area contributed by atoms with Gasteiger partial charge in [0.2, 0.25) is 0 Å². The van der Waals surface area contributed by atoms with Crippen LogP contribution in [0.1, 0.15) is 5.56 Å². The van der Waals surface area contributed by atoms with Crippen LogP contribution in [0.15, 0.2) is 30.3 Å². The van der Waals surface area contributed by atoms with E-state index in [0.717, 1.165) is 5.56 Å². The average Bonchev–Trinajstić information content (AvgIpc) is 2.19. The van der Waals surface area contributed by atoms with Crippen LogP contribution in [0, 0.1) is 0 Å². The fraction of sp³-hybridized carbons (Fsp3) is 0.200. The molecule has 0 aliphatic heterocycles. The molecule has 0 radical (unpaired) electrons. The molecule has 0 aliphatic carbocycles. The van der Waals surface area contributed by atoms with Crippen LogP contribution in [0.4, 0.5) is 0 Å². The molecular formula is C10H11NO3. The third-order valence-electron chi connectivity index (χ3n) is 1.95. The molecule has 1 atom stereocenters. The molecular weight excluding hydrogens is 182 g/mol. The van der Waals surface area contributed by atoms with Gasteiger partial charge in [-0.25, -0.2) is 4.79 Å². The van der Waals surface area contributed by atoms with Crippen molar-refractivity contribution in [2.24, 2.45) is 5.73 Å². The van der Waals surface area contributed by atoms with Gasteiger partial charge in [0.15, 0.2) is 11.8 Å². The minimum Gasteiger partial charge on any atom is -0.480 e. The number of carbonyl (C=O) groups is 2. The molecule has 3 N–H and O–H groups in total. The van der Waals surface area contributed by atoms with Crippen LogP contribution in [0.2, 0.25) is 0 Å². The van der Waals surface area contributed by atoms with E-state index in [0.29, 0.717) is 0 Å². The zero-order chi connectivity index (χ0) is 10.6. The Hall–Kier alpha value is -1.68. The largest absolute Gasteiger partial charge is 0.480 e. The highest BCUT2D eigenvalue weighted by Crippen LogP contribution is 2.09. The summed E-state index contributed by atoms with van der Waals surface area (Å²) >= 11 is 0. The Kier molecular flexibility index (Phi) is 2.99. The summed E-state index contributed by atoms with van der Waals surface area (Å²) < 4.78 is 0. The summed E-state index contributed by atoms with van der Waals surface area (Å²) in [4.78, 5) is 21.3. The lowest BCUT2D eigenvalue weighted by Crippen LogP contribution is -2.51. The highest BCUT2D eigenvalue weighted by Gasteiger charge is 2.33. The second kappa shape index (κ2) is 4.02. The third-order valence-corrected chi connectivity index (χ3v) is 1.95. The zero-order valence-electron chi connectivity index (χ0n) is 7.51. The Morgan fingerprint density at radius 2 is 2.00 bits per heavy atom. The van der Waals surface area contributed by atoms with Crippen LogP contribution in [0.3, 0.4) is 0 Å². The molecule has 1 rings (SSSR count). The van der Waals surface area contributed by atoms with Crippen LogP contribution in [-0.2, 0) is 16.0 Å². The fourth-order valence-corrected chi connectivity index (χ4v) is 1.10. The Morgan fingerprint density at radius 3 is 2.43 bits per heavy atom. The van der Waals surface area contributed by atoms with Crippen molar-refractivity contribution in [3.63, 3.8) is 0 Å². The number of aliphatic carboxylic acids is 1. The van der Waals surface area contributed by atoms with E-state index in [9.17, 15) is 9.59 Å². The number of carbonyl (C=O) groups excluding carboxylic acids is 1. The highest BCUT2D eigenvalue weighted by atomic mass is 16.4. The van der Waals surface area contributed by atoms with Gasteiger partial charge in [0.1, 0.15) is 0 Å². The van der Waals surface area contributed by atoms with E-state index in [-0.39, 0.29) is 12.7 Å². The van der Waals surface area contributed by atoms with Gasteiger partial charge in [0.05, 0.1) is 0 Å². The van der Waals surface area contributed by atoms with Gasteiger partial charge >= 0.3 is 5.97 Å². The van der Waals surface area contributed by atoms with Crippen molar-refractivity contribution in [1.29, 1.82) is 0 Å². The molecule has 0 amide bonds. The van der Waals surface area contributed by atoms with Crippen molar-refractivity contribution in [3.8, 4) is 0 Å². The van der Waals surface area contributed by atoms with E-state index >= 15 is 0 Å². The smallest absolute Gasteiger partial charge is 0.331 e. The number of carboxylic acids is 1. The third kappa shape index (κ3) is 2.17. The zero-order valence-corrected chi connectivity index (χ0v) is 7.51. The molecule has 4 heteroatoms. The summed E-state index contributed by atoms with van der Waals surface area (Å²) in [6.45, 7) is 0. The number of aldehydes is 1. The molecule has 1 aromatic carbocycles. The number of nitrogens with two attached hydrogens (primary N) is 1. The Bertz CT molecular complexity index is 336. The van der Waals surface area contributed by atoms with E-state index < -0.39 is 11.5 Å². The lowest BCUT2D eigenvalue weighted by molar-refractivity contribution is -0.145. The molecule has 0 saturated carbocycles. The maximum absolute atomic E-state index is 10.7. The van der Waals surface area contributed by atoms with Crippen molar-refractivity contribution >= 4 is 12.3 Å². The summed E-state index contributed by atoms with van der Waals surface area (Å²) in [6, 6.07) is 8.80. The van der Waals surface area contributed by atoms with E-state index in [4.69, 9.17) is 10.8 Å². The van der Waals surface area contributed by atoms with Crippen molar-refractivity contribution in [2.75, 3.05) is 0 Å². The molecule has 0 aromatic heterocycles. The monoisotopic (exact) mass is 193 g/mol. The van der Waals surface area contributed by atoms with Gasteiger partial charge in [-0.15, -0.1) is 0 Å². The maximum Gasteiger partial charge on any atom is 0.331 e. The Morgan fingerprint density at radius 1 is 1.43 bits per heavy atom. The summed E-state index contributed by atoms with van der Waals surface area (Å²) in [5, 5.41) is 8.74. The molecule has 0 aliphatic rings. The first kappa shape index (κ1) is 10.4. The molecule has 4 nitrogen and oxygen atoms in total. The SMILES string of the molecule is N[C@@](C=O)(Cc1ccccc1)C(=O)O. The van der Waals surface area contributed by atoms with Crippen molar-refractivity contribution < 1.29 is 14.7 Å². The first-order valence-electron chi connectivity index (χ1n) is 4.11. The van der Waals surface area contributed by atoms with Crippen LogP contribution < -0.4 is 5.73 Å². The van der Waals surface area contributed by atoms with E-state index in [1.54, 1.807) is 24.3 Å². The van der Waals surface area contributed by atoms with Crippen molar-refractivity contribution in [2.45, 2.75) is 12.0 Å². The molecule has 0 saturated heterocycles. The lowest BCUT2D eigenvalue weighted by Gasteiger charge is -2.17. The Labute approximate surface area is 81.3 Å². The highest BCUT2D eigenvalue weighted by molar-refractivity contribution is 5.97. The summed E-state index contributed by atoms with van der Waals surface area (Å²) in [5.41, 5.74) is 4.31. The van der Waals surface area contributed by atoms with Gasteiger partial charge in [-0.05, 0) is 5.56 Å². The topological polar surface area (TPSA) is 80.4 Å². The van der Waals surface area contributed by atoms with Gasteiger partial charge < -0.3 is 15.6 Å². The number of rotatable bonds is 4. The molecule has 0 spiro atoms. The van der Waals surface area contributed by atoms with Gasteiger partial charge in [-0.1, -0.05) is 30.3 Å². The molecule has 74 valence electrons. The Balaban J connectivity index is 2.86. The summed E-state index contributed by atoms with van der Waals surface area (Å²) in [6.07, 6.45) is 0.273. The van der Waals surface area contributed by atoms with Crippen molar-refractivity contribution in [3.05, 3.63) is 35.9 Å². The van der Waals surface area contributed by atoms with Crippen LogP contribution in [0.5, 0.6) is 0 Å². The molecule has 1 aromatic rings. The molecule has 0 unspecified atom stereocenters. The first-order chi connectivity index (χ1) is 6.58. The number of hydrogen-bond acceptors (Lipinski definition) is 3. The van der Waals surface area contributed by atoms with Crippen LogP contribution in [-0.4, -0.2) is 22.9 Å². The van der Waals surface area contributed by atoms with E-state index in [1.165, 1.54) is 0 Å². The maximum atomic E-state index is 10.7. The standard InChI is InChI=1S/C10H11NO3/c11-10(7-12,9(13)14)6-8-4-2-1-3-5-8/h1-5,7H,6,11H2,(H,13,14)/t10-/m1/s1. The molecule has 0 heterocycles. The fourth-order valence-electron chi connectivity index (χ4n) is 1.10. The second-order valence-electron chi connectivity index (χ2n) is 3.13. The first-order valence-corrected chi connectivity index (χ1v) is 4.11. The summed E-state index contributed by atoms with van der Waals surface area (Å²) in [5.74, 6) is -1.31. The second-order valence-corrected chi connectivity index (χ2v) is 3.13. The number of hydrogen-bond donors (Lipinski definition) is 2. The quantitative estimate of drug-likeness (QED) is 0.529. The minimum atomic E-state index is -1.82. The van der Waals surface area contributed by atoms with Gasteiger partial charge in [0, 0.05) is 6.42 Å². The minimum absolute atomic E-state index is 0.00662. The van der Waals surface area contributed by atoms with Gasteiger partial charge in [0.25, 0.3) is 0 Å². The van der Waals surface area contributed by atoms with Crippen LogP contribution >= 0.6 is 0 Å². The number of benzene rings is 1. The van der Waals surface area contributed by atoms with E-state index in [2.05, 4.69) is 0 Å². The van der Waals surface area contributed by atoms with Gasteiger partial charge in [-0.2, -0.15) is 0 Å². The van der Waals surface area contributed by atoms with Crippen LogP contribution in [0.25, 0.3) is 0 Å². The van der Waals surface area contributed by atoms with Gasteiger partial charge in [-0.3, -0.25) is 0 Å². The summed E-state index contributed by atoms with van der Waals surface area (Å²) in [7, 11) is 0. The predicted octanol–water partition coefficient (Wildman–Crippen LogP) is 0.210. The number of carboxylic acid groups (broad SMARTS) is 1. The normalized spacial score (nSPS) is 14.4. The molecule has 14 heavy (non-hydrogen) atoms. The van der Waals surface area contributed by atoms with Crippen molar-refractivity contribution in [1.82, 2.24) is 0 Å².